The van der Waals surface area contributed by atoms with Crippen LogP contribution in [0.4, 0.5) is 0 Å². The molecule has 4 nitrogen and oxygen atoms in total. The lowest BCUT2D eigenvalue weighted by molar-refractivity contribution is -0.131. The van der Waals surface area contributed by atoms with Crippen molar-refractivity contribution in [1.29, 1.82) is 0 Å². The van der Waals surface area contributed by atoms with Gasteiger partial charge >= 0.3 is 11.9 Å². The van der Waals surface area contributed by atoms with Crippen LogP contribution in [-0.4, -0.2) is 19.0 Å². The summed E-state index contributed by atoms with van der Waals surface area (Å²) >= 11 is 0. The van der Waals surface area contributed by atoms with E-state index in [1.165, 1.54) is 14.0 Å². The fourth-order valence-electron chi connectivity index (χ4n) is 1.98. The van der Waals surface area contributed by atoms with E-state index in [2.05, 4.69) is 4.74 Å². The van der Waals surface area contributed by atoms with E-state index in [1.807, 2.05) is 19.1 Å². The Bertz CT molecular complexity index is 658. The van der Waals surface area contributed by atoms with Crippen LogP contribution in [0, 0.1) is 6.92 Å². The molecular weight excluding hydrogens is 244 g/mol. The van der Waals surface area contributed by atoms with Crippen LogP contribution in [0.2, 0.25) is 0 Å². The van der Waals surface area contributed by atoms with Gasteiger partial charge < -0.3 is 9.47 Å². The van der Waals surface area contributed by atoms with Crippen LogP contribution in [0.5, 0.6) is 5.75 Å². The van der Waals surface area contributed by atoms with E-state index in [9.17, 15) is 9.59 Å². The predicted molar refractivity (Wildman–Crippen MR) is 71.3 cm³/mol. The van der Waals surface area contributed by atoms with E-state index in [-0.39, 0.29) is 11.9 Å². The Kier molecular flexibility index (Phi) is 3.51. The van der Waals surface area contributed by atoms with Crippen molar-refractivity contribution in [1.82, 2.24) is 0 Å². The van der Waals surface area contributed by atoms with Gasteiger partial charge in [0.2, 0.25) is 0 Å². The van der Waals surface area contributed by atoms with Crippen molar-refractivity contribution < 1.29 is 19.1 Å². The number of methoxy groups -OCH3 is 1. The molecule has 0 saturated carbocycles. The molecular formula is C15H14O4. The third kappa shape index (κ3) is 2.57. The minimum absolute atomic E-state index is 0.353. The van der Waals surface area contributed by atoms with Gasteiger partial charge in [0, 0.05) is 6.92 Å². The van der Waals surface area contributed by atoms with Crippen molar-refractivity contribution >= 4 is 22.7 Å². The first kappa shape index (κ1) is 13.1. The molecule has 0 atom stereocenters. The van der Waals surface area contributed by atoms with Crippen LogP contribution in [0.3, 0.4) is 0 Å². The zero-order valence-electron chi connectivity index (χ0n) is 11.0. The molecule has 0 aliphatic rings. The summed E-state index contributed by atoms with van der Waals surface area (Å²) in [6.45, 7) is 3.24. The number of hydrogen-bond acceptors (Lipinski definition) is 4. The standard InChI is InChI=1S/C15H14O4/c1-9-13-6-4-12(15(17)18-3)8-11(13)5-7-14(9)19-10(2)16/h4-8H,1-3H3. The Balaban J connectivity index is 2.53. The average Bonchev–Trinajstić information content (AvgIpc) is 2.40. The summed E-state index contributed by atoms with van der Waals surface area (Å²) < 4.78 is 9.80. The molecule has 0 spiro atoms. The summed E-state index contributed by atoms with van der Waals surface area (Å²) in [5.41, 5.74) is 1.36. The number of ether oxygens (including phenoxy) is 2. The number of aryl methyl sites for hydroxylation is 1. The van der Waals surface area contributed by atoms with Gasteiger partial charge in [0.1, 0.15) is 5.75 Å². The van der Waals surface area contributed by atoms with Crippen molar-refractivity contribution in [3.8, 4) is 5.75 Å². The maximum Gasteiger partial charge on any atom is 0.337 e. The third-order valence-corrected chi connectivity index (χ3v) is 2.91. The number of carbonyl (C=O) groups excluding carboxylic acids is 2. The summed E-state index contributed by atoms with van der Waals surface area (Å²) in [6, 6.07) is 8.81. The Morgan fingerprint density at radius 3 is 2.47 bits per heavy atom. The second kappa shape index (κ2) is 5.10. The van der Waals surface area contributed by atoms with Gasteiger partial charge in [-0.3, -0.25) is 4.79 Å². The molecule has 0 radical (unpaired) electrons. The zero-order chi connectivity index (χ0) is 14.0. The van der Waals surface area contributed by atoms with Gasteiger partial charge in [-0.15, -0.1) is 0 Å². The highest BCUT2D eigenvalue weighted by Gasteiger charge is 2.10. The maximum atomic E-state index is 11.5. The van der Waals surface area contributed by atoms with Crippen molar-refractivity contribution in [2.45, 2.75) is 13.8 Å². The topological polar surface area (TPSA) is 52.6 Å². The van der Waals surface area contributed by atoms with E-state index in [4.69, 9.17) is 4.74 Å². The van der Waals surface area contributed by atoms with Gasteiger partial charge in [-0.1, -0.05) is 12.1 Å². The second-order valence-corrected chi connectivity index (χ2v) is 4.21. The van der Waals surface area contributed by atoms with Crippen molar-refractivity contribution in [2.24, 2.45) is 0 Å². The van der Waals surface area contributed by atoms with Crippen LogP contribution in [-0.2, 0) is 9.53 Å². The molecule has 0 amide bonds. The van der Waals surface area contributed by atoms with E-state index in [0.717, 1.165) is 16.3 Å². The molecule has 0 unspecified atom stereocenters. The summed E-state index contributed by atoms with van der Waals surface area (Å²) in [5.74, 6) is -0.192. The fourth-order valence-corrected chi connectivity index (χ4v) is 1.98. The number of rotatable bonds is 2. The van der Waals surface area contributed by atoms with Crippen molar-refractivity contribution in [3.05, 3.63) is 41.5 Å². The van der Waals surface area contributed by atoms with E-state index in [0.29, 0.717) is 11.3 Å². The highest BCUT2D eigenvalue weighted by atomic mass is 16.5. The SMILES string of the molecule is COC(=O)c1ccc2c(C)c(OC(C)=O)ccc2c1. The van der Waals surface area contributed by atoms with E-state index < -0.39 is 0 Å². The van der Waals surface area contributed by atoms with Gasteiger partial charge in [0.15, 0.2) is 0 Å². The average molecular weight is 258 g/mol. The number of hydrogen-bond donors (Lipinski definition) is 0. The van der Waals surface area contributed by atoms with Gasteiger partial charge in [0.05, 0.1) is 12.7 Å². The first-order chi connectivity index (χ1) is 9.02. The highest BCUT2D eigenvalue weighted by molar-refractivity contribution is 5.97. The summed E-state index contributed by atoms with van der Waals surface area (Å²) in [4.78, 5) is 22.5. The Hall–Kier alpha value is -2.36. The molecule has 0 aromatic heterocycles. The van der Waals surface area contributed by atoms with E-state index in [1.54, 1.807) is 18.2 Å². The Morgan fingerprint density at radius 2 is 1.84 bits per heavy atom. The van der Waals surface area contributed by atoms with Crippen LogP contribution in [0.1, 0.15) is 22.8 Å². The molecule has 19 heavy (non-hydrogen) atoms. The van der Waals surface area contributed by atoms with Crippen LogP contribution in [0.15, 0.2) is 30.3 Å². The molecule has 0 aliphatic carbocycles. The van der Waals surface area contributed by atoms with Crippen molar-refractivity contribution in [2.75, 3.05) is 7.11 Å². The van der Waals surface area contributed by atoms with Crippen LogP contribution < -0.4 is 4.74 Å². The normalized spacial score (nSPS) is 10.3. The van der Waals surface area contributed by atoms with Gasteiger partial charge in [-0.25, -0.2) is 4.79 Å². The first-order valence-electron chi connectivity index (χ1n) is 5.83. The maximum absolute atomic E-state index is 11.5. The molecule has 2 aromatic rings. The summed E-state index contributed by atoms with van der Waals surface area (Å²) in [5, 5.41) is 1.84. The van der Waals surface area contributed by atoms with Crippen LogP contribution >= 0.6 is 0 Å². The molecule has 0 bridgehead atoms. The lowest BCUT2D eigenvalue weighted by atomic mass is 10.0. The lowest BCUT2D eigenvalue weighted by Gasteiger charge is -2.09. The highest BCUT2D eigenvalue weighted by Crippen LogP contribution is 2.28. The van der Waals surface area contributed by atoms with E-state index >= 15 is 0 Å². The molecule has 98 valence electrons. The predicted octanol–water partition coefficient (Wildman–Crippen LogP) is 2.86. The Morgan fingerprint density at radius 1 is 1.11 bits per heavy atom. The van der Waals surface area contributed by atoms with Gasteiger partial charge in [-0.05, 0) is 41.5 Å². The molecule has 2 rings (SSSR count). The third-order valence-electron chi connectivity index (χ3n) is 2.91. The van der Waals surface area contributed by atoms with Crippen LogP contribution in [0.25, 0.3) is 10.8 Å². The molecule has 0 heterocycles. The molecule has 0 aliphatic heterocycles. The molecule has 0 fully saturated rings. The molecule has 2 aromatic carbocycles. The largest absolute Gasteiger partial charge is 0.465 e. The fraction of sp³-hybridized carbons (Fsp3) is 0.200. The quantitative estimate of drug-likeness (QED) is 0.614. The second-order valence-electron chi connectivity index (χ2n) is 4.21. The smallest absolute Gasteiger partial charge is 0.337 e. The van der Waals surface area contributed by atoms with Crippen molar-refractivity contribution in [3.63, 3.8) is 0 Å². The summed E-state index contributed by atoms with van der Waals surface area (Å²) in [6.07, 6.45) is 0. The first-order valence-corrected chi connectivity index (χ1v) is 5.83. The Labute approximate surface area is 110 Å². The minimum atomic E-state index is -0.372. The minimum Gasteiger partial charge on any atom is -0.465 e. The molecule has 4 heteroatoms. The van der Waals surface area contributed by atoms with Gasteiger partial charge in [-0.2, -0.15) is 0 Å². The monoisotopic (exact) mass is 258 g/mol. The number of fused-ring (bicyclic) bond motifs is 1. The lowest BCUT2D eigenvalue weighted by Crippen LogP contribution is -2.03. The summed E-state index contributed by atoms with van der Waals surface area (Å²) in [7, 11) is 1.35. The molecule has 0 saturated heterocycles. The number of benzene rings is 2. The van der Waals surface area contributed by atoms with Gasteiger partial charge in [0.25, 0.3) is 0 Å². The number of carbonyl (C=O) groups is 2. The zero-order valence-corrected chi connectivity index (χ0v) is 11.0. The molecule has 0 N–H and O–H groups in total. The number of esters is 2.